The van der Waals surface area contributed by atoms with Crippen molar-refractivity contribution in [2.45, 2.75) is 121 Å². The van der Waals surface area contributed by atoms with Crippen molar-refractivity contribution in [3.8, 4) is 0 Å². The minimum absolute atomic E-state index is 0.0106. The Morgan fingerprint density at radius 3 is 2.28 bits per heavy atom. The predicted octanol–water partition coefficient (Wildman–Crippen LogP) is 2.58. The lowest BCUT2D eigenvalue weighted by atomic mass is 9.72. The summed E-state index contributed by atoms with van der Waals surface area (Å²) in [5.74, 6) is -7.18. The summed E-state index contributed by atoms with van der Waals surface area (Å²) in [6, 6.07) is 16.2. The van der Waals surface area contributed by atoms with Gasteiger partial charge in [-0.05, 0) is 69.6 Å². The third-order valence-electron chi connectivity index (χ3n) is 12.2. The number of benzene rings is 2. The summed E-state index contributed by atoms with van der Waals surface area (Å²) < 4.78 is 16.0. The SMILES string of the molecule is CC(C)(C)NC(=O)[C@@H]1C[C@@H]2CCCC[C@@H]2CN1C[C@@H](OC(=O)CCC(=O)OCC(O)C1OC(=O)C(O)=C1O)[C@H](Cc1ccccc1)NC(=O)[C@H](CC(N)=O)NC(=O)c1ccc2ccccc2n1. The first kappa shape index (κ1) is 49.8. The number of hydrogen-bond donors (Lipinski definition) is 7. The summed E-state index contributed by atoms with van der Waals surface area (Å²) in [4.78, 5) is 99.3. The molecule has 19 nitrogen and oxygen atoms in total. The number of likely N-dealkylation sites (tertiary alicyclic amines) is 1. The molecular weight excluding hydrogens is 869 g/mol. The highest BCUT2D eigenvalue weighted by Crippen LogP contribution is 2.39. The number of cyclic esters (lactones) is 1. The number of rotatable bonds is 19. The van der Waals surface area contributed by atoms with Crippen molar-refractivity contribution in [2.75, 3.05) is 19.7 Å². The maximum atomic E-state index is 14.4. The number of pyridine rings is 1. The molecule has 0 spiro atoms. The van der Waals surface area contributed by atoms with Gasteiger partial charge in [-0.15, -0.1) is 0 Å². The number of carbonyl (C=O) groups excluding carboxylic acids is 7. The number of esters is 3. The quantitative estimate of drug-likeness (QED) is 0.0672. The van der Waals surface area contributed by atoms with Crippen LogP contribution < -0.4 is 21.7 Å². The molecule has 3 aromatic rings. The van der Waals surface area contributed by atoms with Crippen LogP contribution in [0.2, 0.25) is 0 Å². The number of nitrogens with two attached hydrogens (primary N) is 1. The monoisotopic (exact) mass is 928 g/mol. The summed E-state index contributed by atoms with van der Waals surface area (Å²) >= 11 is 0. The highest BCUT2D eigenvalue weighted by Gasteiger charge is 2.44. The van der Waals surface area contributed by atoms with E-state index in [1.54, 1.807) is 30.3 Å². The van der Waals surface area contributed by atoms with Crippen molar-refractivity contribution >= 4 is 52.4 Å². The standard InChI is InChI=1S/C48H60N6O13/c1-48(2,3)53-46(63)35-22-29-14-7-8-15-30(29)24-54(35)25-37(66-40(58)20-19-39(57)65-26-36(55)43-41(59)42(60)47(64)67-43)33(21-27-11-5-4-6-12-27)51-45(62)34(23-38(49)56)52-44(61)32-18-17-28-13-9-10-16-31(28)50-32/h4-6,9-13,16-18,29-30,33-37,43,55,59-60H,7-8,14-15,19-26H2,1-3H3,(H2,49,56)(H,51,62)(H,52,61)(H,53,63)/t29-,30+,33-,34-,35-,36?,37+,43?/m0/s1. The third kappa shape index (κ3) is 13.7. The van der Waals surface area contributed by atoms with Gasteiger partial charge < -0.3 is 51.2 Å². The van der Waals surface area contributed by atoms with Crippen LogP contribution in [-0.4, -0.2) is 128 Å². The molecule has 360 valence electrons. The molecule has 1 aromatic heterocycles. The second-order valence-electron chi connectivity index (χ2n) is 18.5. The average Bonchev–Trinajstić information content (AvgIpc) is 3.55. The summed E-state index contributed by atoms with van der Waals surface area (Å²) in [7, 11) is 0. The van der Waals surface area contributed by atoms with Gasteiger partial charge >= 0.3 is 17.9 Å². The Kier molecular flexibility index (Phi) is 16.6. The summed E-state index contributed by atoms with van der Waals surface area (Å²) in [6.45, 7) is 5.36. The molecule has 1 aliphatic carbocycles. The van der Waals surface area contributed by atoms with E-state index in [1.165, 1.54) is 6.07 Å². The van der Waals surface area contributed by atoms with Gasteiger partial charge in [-0.3, -0.25) is 33.7 Å². The number of carbonyl (C=O) groups is 7. The number of nitrogens with one attached hydrogen (secondary N) is 3. The molecule has 6 rings (SSSR count). The van der Waals surface area contributed by atoms with Crippen LogP contribution in [0.15, 0.2) is 78.2 Å². The van der Waals surface area contributed by atoms with Crippen LogP contribution in [0, 0.1) is 11.8 Å². The van der Waals surface area contributed by atoms with Crippen LogP contribution in [0.3, 0.4) is 0 Å². The first-order valence-corrected chi connectivity index (χ1v) is 22.6. The van der Waals surface area contributed by atoms with E-state index < -0.39 is 115 Å². The molecular formula is C48H60N6O13. The van der Waals surface area contributed by atoms with Crippen LogP contribution in [0.1, 0.15) is 88.2 Å². The molecule has 3 aliphatic rings. The molecule has 4 amide bonds. The largest absolute Gasteiger partial charge is 0.505 e. The number of aromatic nitrogens is 1. The maximum Gasteiger partial charge on any atom is 0.377 e. The fourth-order valence-corrected chi connectivity index (χ4v) is 8.86. The highest BCUT2D eigenvalue weighted by molar-refractivity contribution is 5.99. The van der Waals surface area contributed by atoms with Gasteiger partial charge in [0.05, 0.1) is 36.9 Å². The third-order valence-corrected chi connectivity index (χ3v) is 12.2. The molecule has 8 atom stereocenters. The normalized spacial score (nSPS) is 21.5. The summed E-state index contributed by atoms with van der Waals surface area (Å²) in [5, 5.41) is 39.3. The van der Waals surface area contributed by atoms with E-state index in [0.29, 0.717) is 24.4 Å². The van der Waals surface area contributed by atoms with E-state index >= 15 is 0 Å². The first-order chi connectivity index (χ1) is 31.8. The van der Waals surface area contributed by atoms with Gasteiger partial charge in [0.25, 0.3) is 5.91 Å². The smallest absolute Gasteiger partial charge is 0.377 e. The van der Waals surface area contributed by atoms with Gasteiger partial charge in [-0.25, -0.2) is 9.78 Å². The number of fused-ring (bicyclic) bond motifs is 2. The Morgan fingerprint density at radius 1 is 0.910 bits per heavy atom. The van der Waals surface area contributed by atoms with E-state index in [9.17, 15) is 48.9 Å². The molecule has 8 N–H and O–H groups in total. The maximum absolute atomic E-state index is 14.4. The molecule has 2 aliphatic heterocycles. The molecule has 1 saturated heterocycles. The second kappa shape index (κ2) is 22.3. The minimum atomic E-state index is -1.74. The minimum Gasteiger partial charge on any atom is -0.505 e. The molecule has 1 saturated carbocycles. The predicted molar refractivity (Wildman–Crippen MR) is 240 cm³/mol. The fourth-order valence-electron chi connectivity index (χ4n) is 8.86. The molecule has 0 radical (unpaired) electrons. The van der Waals surface area contributed by atoms with Crippen LogP contribution in [0.4, 0.5) is 0 Å². The molecule has 0 bridgehead atoms. The zero-order chi connectivity index (χ0) is 48.4. The summed E-state index contributed by atoms with van der Waals surface area (Å²) in [6.07, 6.45) is -1.60. The average molecular weight is 929 g/mol. The van der Waals surface area contributed by atoms with Crippen molar-refractivity contribution in [2.24, 2.45) is 17.6 Å². The lowest BCUT2D eigenvalue weighted by Gasteiger charge is -2.47. The number of hydrogen-bond acceptors (Lipinski definition) is 15. The lowest BCUT2D eigenvalue weighted by molar-refractivity contribution is -0.160. The molecule has 67 heavy (non-hydrogen) atoms. The lowest BCUT2D eigenvalue weighted by Crippen LogP contribution is -2.61. The van der Waals surface area contributed by atoms with E-state index in [1.807, 2.05) is 56.0 Å². The van der Waals surface area contributed by atoms with Crippen LogP contribution in [-0.2, 0) is 49.4 Å². The number of amides is 4. The Balaban J connectivity index is 1.26. The van der Waals surface area contributed by atoms with Gasteiger partial charge in [0.15, 0.2) is 11.9 Å². The fraction of sp³-hybridized carbons (Fsp3) is 0.500. The molecule has 19 heteroatoms. The van der Waals surface area contributed by atoms with Crippen molar-refractivity contribution in [3.05, 3.63) is 89.5 Å². The van der Waals surface area contributed by atoms with Crippen molar-refractivity contribution in [1.82, 2.24) is 25.8 Å². The van der Waals surface area contributed by atoms with Crippen LogP contribution in [0.5, 0.6) is 0 Å². The molecule has 3 heterocycles. The number of primary amides is 1. The van der Waals surface area contributed by atoms with E-state index in [4.69, 9.17) is 19.9 Å². The topological polar surface area (TPSA) is 286 Å². The van der Waals surface area contributed by atoms with E-state index in [-0.39, 0.29) is 30.5 Å². The van der Waals surface area contributed by atoms with E-state index in [0.717, 1.165) is 36.6 Å². The Hall–Kier alpha value is -6.60. The van der Waals surface area contributed by atoms with Gasteiger partial charge in [-0.2, -0.15) is 0 Å². The van der Waals surface area contributed by atoms with E-state index in [2.05, 4.69) is 20.9 Å². The number of aliphatic hydroxyl groups excluding tert-OH is 3. The van der Waals surface area contributed by atoms with Crippen molar-refractivity contribution in [3.63, 3.8) is 0 Å². The Labute approximate surface area is 387 Å². The Bertz CT molecular complexity index is 2330. The number of para-hydroxylation sites is 1. The van der Waals surface area contributed by atoms with Crippen LogP contribution >= 0.6 is 0 Å². The van der Waals surface area contributed by atoms with Gasteiger partial charge in [0.2, 0.25) is 23.5 Å². The zero-order valence-corrected chi connectivity index (χ0v) is 37.9. The van der Waals surface area contributed by atoms with Crippen LogP contribution in [0.25, 0.3) is 10.9 Å². The number of ether oxygens (including phenoxy) is 3. The second-order valence-corrected chi connectivity index (χ2v) is 18.5. The number of piperidine rings is 1. The zero-order valence-electron chi connectivity index (χ0n) is 37.9. The Morgan fingerprint density at radius 2 is 1.60 bits per heavy atom. The van der Waals surface area contributed by atoms with Gasteiger partial charge in [0.1, 0.15) is 30.6 Å². The van der Waals surface area contributed by atoms with Crippen molar-refractivity contribution in [1.29, 1.82) is 0 Å². The molecule has 2 unspecified atom stereocenters. The number of nitrogens with zero attached hydrogens (tertiary/aromatic N) is 2. The molecule has 2 fully saturated rings. The molecule has 2 aromatic carbocycles. The number of aliphatic hydroxyl groups is 3. The first-order valence-electron chi connectivity index (χ1n) is 22.6. The van der Waals surface area contributed by atoms with Gasteiger partial charge in [0, 0.05) is 24.0 Å². The highest BCUT2D eigenvalue weighted by atomic mass is 16.6. The van der Waals surface area contributed by atoms with Gasteiger partial charge in [-0.1, -0.05) is 73.9 Å². The van der Waals surface area contributed by atoms with Crippen molar-refractivity contribution < 1.29 is 63.1 Å². The summed E-state index contributed by atoms with van der Waals surface area (Å²) in [5.41, 5.74) is 6.30.